The molecule has 2 aromatic carbocycles. The number of aromatic nitrogens is 2. The minimum atomic E-state index is 0.369. The normalized spacial score (nSPS) is 10.4. The molecule has 0 atom stereocenters. The lowest BCUT2D eigenvalue weighted by Gasteiger charge is -2.16. The van der Waals surface area contributed by atoms with Crippen LogP contribution in [0.2, 0.25) is 5.02 Å². The number of rotatable bonds is 6. The lowest BCUT2D eigenvalue weighted by atomic mass is 10.2. The first-order chi connectivity index (χ1) is 13.0. The van der Waals surface area contributed by atoms with Gasteiger partial charge in [-0.25, -0.2) is 9.97 Å². The summed E-state index contributed by atoms with van der Waals surface area (Å²) in [5, 5.41) is 6.78. The summed E-state index contributed by atoms with van der Waals surface area (Å²) in [5.41, 5.74) is 9.24. The van der Waals surface area contributed by atoms with Gasteiger partial charge in [0.1, 0.15) is 23.5 Å². The smallest absolute Gasteiger partial charge is 0.159 e. The van der Waals surface area contributed by atoms with Crippen LogP contribution < -0.4 is 25.8 Å². The number of aryl methyl sites for hydroxylation is 1. The molecule has 1 heterocycles. The fraction of sp³-hybridized carbons (Fsp3) is 0.158. The van der Waals surface area contributed by atoms with Crippen LogP contribution in [0.5, 0.6) is 11.5 Å². The van der Waals surface area contributed by atoms with E-state index in [9.17, 15) is 0 Å². The highest BCUT2D eigenvalue weighted by atomic mass is 35.5. The molecule has 0 aliphatic rings. The number of nitrogens with zero attached hydrogens (tertiary/aromatic N) is 2. The summed E-state index contributed by atoms with van der Waals surface area (Å²) in [5.74, 6) is 1.98. The highest BCUT2D eigenvalue weighted by Crippen LogP contribution is 2.38. The van der Waals surface area contributed by atoms with Crippen molar-refractivity contribution in [3.8, 4) is 11.5 Å². The molecule has 0 saturated carbocycles. The topological polar surface area (TPSA) is 94.3 Å². The minimum absolute atomic E-state index is 0.369. The summed E-state index contributed by atoms with van der Waals surface area (Å²) >= 11 is 6.22. The molecule has 0 bridgehead atoms. The molecule has 140 valence electrons. The number of methoxy groups -OCH3 is 2. The molecule has 0 spiro atoms. The van der Waals surface area contributed by atoms with E-state index in [-0.39, 0.29) is 0 Å². The van der Waals surface area contributed by atoms with E-state index in [4.69, 9.17) is 26.8 Å². The third-order valence-corrected chi connectivity index (χ3v) is 4.19. The Morgan fingerprint density at radius 1 is 0.963 bits per heavy atom. The quantitative estimate of drug-likeness (QED) is 0.574. The van der Waals surface area contributed by atoms with E-state index in [1.165, 1.54) is 6.33 Å². The number of halogens is 1. The Labute approximate surface area is 162 Å². The molecule has 0 fully saturated rings. The van der Waals surface area contributed by atoms with E-state index in [0.29, 0.717) is 39.5 Å². The van der Waals surface area contributed by atoms with Crippen molar-refractivity contribution in [2.24, 2.45) is 0 Å². The van der Waals surface area contributed by atoms with Crippen molar-refractivity contribution >= 4 is 40.3 Å². The van der Waals surface area contributed by atoms with Crippen LogP contribution in [0, 0.1) is 6.92 Å². The number of hydrogen-bond donors (Lipinski definition) is 3. The number of nitrogens with one attached hydrogen (secondary N) is 2. The maximum atomic E-state index is 6.25. The number of ether oxygens (including phenoxy) is 2. The standard InChI is InChI=1S/C19H20ClN5O2/c1-11-5-4-6-12(7-11)24-18-17(21)19(23-10-22-18)25-14-8-13(20)15(26-2)9-16(14)27-3/h4-10H,21H2,1-3H3,(H2,22,23,24,25). The summed E-state index contributed by atoms with van der Waals surface area (Å²) < 4.78 is 10.6. The Hall–Kier alpha value is -3.19. The van der Waals surface area contributed by atoms with Gasteiger partial charge in [-0.3, -0.25) is 0 Å². The number of nitrogen functional groups attached to an aromatic ring is 1. The Balaban J connectivity index is 1.91. The van der Waals surface area contributed by atoms with Crippen molar-refractivity contribution in [3.05, 3.63) is 53.3 Å². The maximum Gasteiger partial charge on any atom is 0.159 e. The summed E-state index contributed by atoms with van der Waals surface area (Å²) in [6, 6.07) is 11.3. The Morgan fingerprint density at radius 2 is 1.67 bits per heavy atom. The van der Waals surface area contributed by atoms with Crippen molar-refractivity contribution in [3.63, 3.8) is 0 Å². The van der Waals surface area contributed by atoms with Crippen LogP contribution >= 0.6 is 11.6 Å². The molecule has 3 rings (SSSR count). The van der Waals surface area contributed by atoms with Crippen LogP contribution in [0.1, 0.15) is 5.56 Å². The van der Waals surface area contributed by atoms with Gasteiger partial charge < -0.3 is 25.8 Å². The Kier molecular flexibility index (Phi) is 5.52. The van der Waals surface area contributed by atoms with Gasteiger partial charge in [-0.05, 0) is 30.7 Å². The van der Waals surface area contributed by atoms with E-state index in [1.807, 2.05) is 31.2 Å². The Morgan fingerprint density at radius 3 is 2.33 bits per heavy atom. The molecule has 1 aromatic heterocycles. The molecule has 8 heteroatoms. The summed E-state index contributed by atoms with van der Waals surface area (Å²) in [6.45, 7) is 2.02. The van der Waals surface area contributed by atoms with Crippen molar-refractivity contribution in [1.82, 2.24) is 9.97 Å². The largest absolute Gasteiger partial charge is 0.495 e. The maximum absolute atomic E-state index is 6.25. The van der Waals surface area contributed by atoms with Crippen LogP contribution in [0.4, 0.5) is 28.7 Å². The van der Waals surface area contributed by atoms with Gasteiger partial charge in [0.2, 0.25) is 0 Å². The fourth-order valence-corrected chi connectivity index (χ4v) is 2.78. The van der Waals surface area contributed by atoms with Gasteiger partial charge in [0.05, 0.1) is 24.9 Å². The average Bonchev–Trinajstić information content (AvgIpc) is 2.65. The van der Waals surface area contributed by atoms with Crippen molar-refractivity contribution in [2.75, 3.05) is 30.6 Å². The highest BCUT2D eigenvalue weighted by Gasteiger charge is 2.14. The second-order valence-electron chi connectivity index (χ2n) is 5.79. The highest BCUT2D eigenvalue weighted by molar-refractivity contribution is 6.32. The van der Waals surface area contributed by atoms with Gasteiger partial charge in [0.25, 0.3) is 0 Å². The first kappa shape index (κ1) is 18.6. The first-order valence-electron chi connectivity index (χ1n) is 8.14. The second-order valence-corrected chi connectivity index (χ2v) is 6.20. The molecule has 0 unspecified atom stereocenters. The van der Waals surface area contributed by atoms with Crippen LogP contribution in [0.25, 0.3) is 0 Å². The van der Waals surface area contributed by atoms with Gasteiger partial charge in [0.15, 0.2) is 11.6 Å². The van der Waals surface area contributed by atoms with E-state index in [0.717, 1.165) is 11.3 Å². The second kappa shape index (κ2) is 8.01. The zero-order valence-corrected chi connectivity index (χ0v) is 16.0. The van der Waals surface area contributed by atoms with Crippen molar-refractivity contribution in [1.29, 1.82) is 0 Å². The van der Waals surface area contributed by atoms with Gasteiger partial charge in [-0.15, -0.1) is 0 Å². The number of benzene rings is 2. The van der Waals surface area contributed by atoms with Gasteiger partial charge in [-0.2, -0.15) is 0 Å². The summed E-state index contributed by atoms with van der Waals surface area (Å²) in [7, 11) is 3.10. The predicted octanol–water partition coefficient (Wildman–Crippen LogP) is 4.53. The van der Waals surface area contributed by atoms with Gasteiger partial charge in [-0.1, -0.05) is 23.7 Å². The third-order valence-electron chi connectivity index (χ3n) is 3.89. The van der Waals surface area contributed by atoms with Crippen molar-refractivity contribution in [2.45, 2.75) is 6.92 Å². The molecule has 7 nitrogen and oxygen atoms in total. The number of anilines is 5. The number of nitrogens with two attached hydrogens (primary N) is 1. The van der Waals surface area contributed by atoms with Crippen LogP contribution in [-0.4, -0.2) is 24.2 Å². The lowest BCUT2D eigenvalue weighted by Crippen LogP contribution is -2.06. The van der Waals surface area contributed by atoms with E-state index in [2.05, 4.69) is 20.6 Å². The molecule has 0 radical (unpaired) electrons. The van der Waals surface area contributed by atoms with Crippen LogP contribution in [0.3, 0.4) is 0 Å². The molecular weight excluding hydrogens is 366 g/mol. The molecule has 4 N–H and O–H groups in total. The van der Waals surface area contributed by atoms with Crippen LogP contribution in [-0.2, 0) is 0 Å². The average molecular weight is 386 g/mol. The van der Waals surface area contributed by atoms with E-state index < -0.39 is 0 Å². The SMILES string of the molecule is COc1cc(OC)c(Nc2ncnc(Nc3cccc(C)c3)c2N)cc1Cl. The summed E-state index contributed by atoms with van der Waals surface area (Å²) in [6.07, 6.45) is 1.43. The van der Waals surface area contributed by atoms with Gasteiger partial charge >= 0.3 is 0 Å². The fourth-order valence-electron chi connectivity index (χ4n) is 2.54. The van der Waals surface area contributed by atoms with Gasteiger partial charge in [0, 0.05) is 11.8 Å². The zero-order valence-electron chi connectivity index (χ0n) is 15.2. The molecule has 0 aliphatic heterocycles. The monoisotopic (exact) mass is 385 g/mol. The third kappa shape index (κ3) is 4.15. The molecule has 27 heavy (non-hydrogen) atoms. The van der Waals surface area contributed by atoms with Crippen LogP contribution in [0.15, 0.2) is 42.7 Å². The van der Waals surface area contributed by atoms with Crippen molar-refractivity contribution < 1.29 is 9.47 Å². The molecular formula is C19H20ClN5O2. The lowest BCUT2D eigenvalue weighted by molar-refractivity contribution is 0.396. The first-order valence-corrected chi connectivity index (χ1v) is 8.52. The Bertz CT molecular complexity index is 965. The molecule has 0 amide bonds. The van der Waals surface area contributed by atoms with E-state index >= 15 is 0 Å². The minimum Gasteiger partial charge on any atom is -0.495 e. The van der Waals surface area contributed by atoms with E-state index in [1.54, 1.807) is 26.4 Å². The predicted molar refractivity (Wildman–Crippen MR) is 109 cm³/mol. The zero-order chi connectivity index (χ0) is 19.4. The summed E-state index contributed by atoms with van der Waals surface area (Å²) in [4.78, 5) is 8.45. The molecule has 0 saturated heterocycles. The molecule has 0 aliphatic carbocycles. The molecule has 3 aromatic rings. The number of hydrogen-bond acceptors (Lipinski definition) is 7.